The fourth-order valence-corrected chi connectivity index (χ4v) is 1.60. The van der Waals surface area contributed by atoms with Gasteiger partial charge in [0.1, 0.15) is 0 Å². The summed E-state index contributed by atoms with van der Waals surface area (Å²) in [5.41, 5.74) is 0.998. The van der Waals surface area contributed by atoms with Gasteiger partial charge in [-0.3, -0.25) is 9.55 Å². The number of imidazole rings is 1. The number of nitrogens with one attached hydrogen (secondary N) is 1. The number of hydrogen-bond acceptors (Lipinski definition) is 5. The number of nitrogens with zero attached hydrogens (tertiary/aromatic N) is 4. The Bertz CT molecular complexity index is 564. The summed E-state index contributed by atoms with van der Waals surface area (Å²) >= 11 is 0. The second kappa shape index (κ2) is 4.82. The van der Waals surface area contributed by atoms with E-state index >= 15 is 0 Å². The van der Waals surface area contributed by atoms with Gasteiger partial charge in [0, 0.05) is 32.9 Å². The molecule has 0 aromatic carbocycles. The predicted molar refractivity (Wildman–Crippen MR) is 66.2 cm³/mol. The Morgan fingerprint density at radius 1 is 1.44 bits per heavy atom. The zero-order chi connectivity index (χ0) is 13.1. The molecule has 7 heteroatoms. The van der Waals surface area contributed by atoms with Crippen LogP contribution >= 0.6 is 0 Å². The normalized spacial score (nSPS) is 10.3. The van der Waals surface area contributed by atoms with Crippen LogP contribution in [0.25, 0.3) is 0 Å². The molecule has 0 saturated carbocycles. The number of aryl methyl sites for hydroxylation is 1. The number of hydrogen-bond donors (Lipinski definition) is 1. The quantitative estimate of drug-likeness (QED) is 0.655. The molecular weight excluding hydrogens is 234 g/mol. The van der Waals surface area contributed by atoms with Crippen molar-refractivity contribution in [2.75, 3.05) is 5.32 Å². The Balaban J connectivity index is 2.21. The smallest absolute Gasteiger partial charge is 0.360 e. The summed E-state index contributed by atoms with van der Waals surface area (Å²) in [6.07, 6.45) is 3.36. The Kier molecular flexibility index (Phi) is 3.22. The van der Waals surface area contributed by atoms with Gasteiger partial charge in [-0.1, -0.05) is 0 Å². The van der Waals surface area contributed by atoms with Gasteiger partial charge in [-0.05, 0) is 27.6 Å². The zero-order valence-corrected chi connectivity index (χ0v) is 10.1. The predicted octanol–water partition coefficient (Wildman–Crippen LogP) is 1.64. The summed E-state index contributed by atoms with van der Waals surface area (Å²) in [6.45, 7) is 2.22. The molecule has 0 aliphatic carbocycles. The van der Waals surface area contributed by atoms with Crippen LogP contribution in [0.15, 0.2) is 24.5 Å². The lowest BCUT2D eigenvalue weighted by Crippen LogP contribution is -2.06. The van der Waals surface area contributed by atoms with Gasteiger partial charge in [-0.15, -0.1) is 0 Å². The van der Waals surface area contributed by atoms with E-state index < -0.39 is 4.92 Å². The average molecular weight is 247 g/mol. The van der Waals surface area contributed by atoms with Crippen LogP contribution in [0.3, 0.4) is 0 Å². The molecule has 0 fully saturated rings. The van der Waals surface area contributed by atoms with E-state index in [4.69, 9.17) is 0 Å². The van der Waals surface area contributed by atoms with Gasteiger partial charge >= 0.3 is 5.82 Å². The first-order valence-corrected chi connectivity index (χ1v) is 5.40. The van der Waals surface area contributed by atoms with E-state index in [1.165, 1.54) is 0 Å². The molecule has 2 heterocycles. The van der Waals surface area contributed by atoms with Crippen molar-refractivity contribution in [2.24, 2.45) is 7.05 Å². The minimum atomic E-state index is -0.484. The first-order chi connectivity index (χ1) is 8.59. The number of rotatable bonds is 4. The summed E-state index contributed by atoms with van der Waals surface area (Å²) in [5.74, 6) is 0.859. The van der Waals surface area contributed by atoms with Crippen LogP contribution in [0.1, 0.15) is 11.4 Å². The number of anilines is 1. The van der Waals surface area contributed by atoms with Gasteiger partial charge in [0.05, 0.1) is 0 Å². The molecule has 0 radical (unpaired) electrons. The molecule has 18 heavy (non-hydrogen) atoms. The first-order valence-electron chi connectivity index (χ1n) is 5.40. The van der Waals surface area contributed by atoms with E-state index in [1.807, 2.05) is 12.1 Å². The SMILES string of the molecule is Cc1nc([N+](=O)[O-])c(NCc2ccncc2)n1C. The van der Waals surface area contributed by atoms with Gasteiger partial charge in [0.15, 0.2) is 0 Å². The van der Waals surface area contributed by atoms with Crippen LogP contribution < -0.4 is 5.32 Å². The monoisotopic (exact) mass is 247 g/mol. The van der Waals surface area contributed by atoms with Gasteiger partial charge < -0.3 is 15.4 Å². The highest BCUT2D eigenvalue weighted by Gasteiger charge is 2.22. The fraction of sp³-hybridized carbons (Fsp3) is 0.273. The molecule has 1 N–H and O–H groups in total. The van der Waals surface area contributed by atoms with Crippen LogP contribution in [-0.4, -0.2) is 19.5 Å². The maximum Gasteiger partial charge on any atom is 0.406 e. The Morgan fingerprint density at radius 3 is 2.72 bits per heavy atom. The first kappa shape index (κ1) is 12.0. The maximum atomic E-state index is 10.9. The van der Waals surface area contributed by atoms with Crippen LogP contribution in [0, 0.1) is 17.0 Å². The number of aromatic nitrogens is 3. The largest absolute Gasteiger partial charge is 0.406 e. The van der Waals surface area contributed by atoms with Crippen LogP contribution in [0.5, 0.6) is 0 Å². The van der Waals surface area contributed by atoms with E-state index in [0.29, 0.717) is 18.2 Å². The summed E-state index contributed by atoms with van der Waals surface area (Å²) in [5, 5.41) is 13.9. The molecule has 0 saturated heterocycles. The van der Waals surface area contributed by atoms with Crippen molar-refractivity contribution >= 4 is 11.6 Å². The van der Waals surface area contributed by atoms with Gasteiger partial charge in [0.25, 0.3) is 0 Å². The lowest BCUT2D eigenvalue weighted by Gasteiger charge is -2.06. The number of nitro groups is 1. The molecule has 0 bridgehead atoms. The maximum absolute atomic E-state index is 10.9. The summed E-state index contributed by atoms with van der Waals surface area (Å²) < 4.78 is 1.67. The fourth-order valence-electron chi connectivity index (χ4n) is 1.60. The van der Waals surface area contributed by atoms with Crippen molar-refractivity contribution in [3.63, 3.8) is 0 Å². The topological polar surface area (TPSA) is 85.9 Å². The second-order valence-corrected chi connectivity index (χ2v) is 3.86. The molecule has 2 aromatic rings. The van der Waals surface area contributed by atoms with Crippen LogP contribution in [0.4, 0.5) is 11.6 Å². The Labute approximate surface area is 104 Å². The molecular formula is C11H13N5O2. The van der Waals surface area contributed by atoms with E-state index in [0.717, 1.165) is 5.56 Å². The van der Waals surface area contributed by atoms with Crippen molar-refractivity contribution in [2.45, 2.75) is 13.5 Å². The third kappa shape index (κ3) is 2.29. The van der Waals surface area contributed by atoms with E-state index in [1.54, 1.807) is 30.9 Å². The molecule has 0 amide bonds. The molecule has 0 aliphatic heterocycles. The highest BCUT2D eigenvalue weighted by Crippen LogP contribution is 2.24. The second-order valence-electron chi connectivity index (χ2n) is 3.86. The van der Waals surface area contributed by atoms with Gasteiger partial charge in [-0.2, -0.15) is 0 Å². The van der Waals surface area contributed by atoms with Crippen LogP contribution in [0.2, 0.25) is 0 Å². The molecule has 0 atom stereocenters. The highest BCUT2D eigenvalue weighted by atomic mass is 16.6. The van der Waals surface area contributed by atoms with Crippen molar-refractivity contribution in [3.8, 4) is 0 Å². The third-order valence-corrected chi connectivity index (χ3v) is 2.68. The van der Waals surface area contributed by atoms with Gasteiger partial charge in [-0.25, -0.2) is 0 Å². The average Bonchev–Trinajstić information content (AvgIpc) is 2.65. The van der Waals surface area contributed by atoms with Crippen molar-refractivity contribution < 1.29 is 4.92 Å². The van der Waals surface area contributed by atoms with E-state index in [-0.39, 0.29) is 5.82 Å². The van der Waals surface area contributed by atoms with Crippen LogP contribution in [-0.2, 0) is 13.6 Å². The zero-order valence-electron chi connectivity index (χ0n) is 10.1. The minimum absolute atomic E-state index is 0.149. The van der Waals surface area contributed by atoms with E-state index in [9.17, 15) is 10.1 Å². The molecule has 0 aliphatic rings. The molecule has 0 unspecified atom stereocenters. The van der Waals surface area contributed by atoms with Crippen molar-refractivity contribution in [1.29, 1.82) is 0 Å². The summed E-state index contributed by atoms with van der Waals surface area (Å²) in [4.78, 5) is 18.2. The van der Waals surface area contributed by atoms with Gasteiger partial charge in [0.2, 0.25) is 11.6 Å². The lowest BCUT2D eigenvalue weighted by molar-refractivity contribution is -0.388. The molecule has 94 valence electrons. The van der Waals surface area contributed by atoms with E-state index in [2.05, 4.69) is 15.3 Å². The Hall–Kier alpha value is -2.44. The molecule has 2 aromatic heterocycles. The Morgan fingerprint density at radius 2 is 2.11 bits per heavy atom. The van der Waals surface area contributed by atoms with Crippen molar-refractivity contribution in [3.05, 3.63) is 46.0 Å². The number of pyridine rings is 1. The summed E-state index contributed by atoms with van der Waals surface area (Å²) in [6, 6.07) is 3.70. The molecule has 7 nitrogen and oxygen atoms in total. The standard InChI is InChI=1S/C11H13N5O2/c1-8-14-11(16(17)18)10(15(8)2)13-7-9-3-5-12-6-4-9/h3-6,13H,7H2,1-2H3. The lowest BCUT2D eigenvalue weighted by atomic mass is 10.3. The minimum Gasteiger partial charge on any atom is -0.360 e. The highest BCUT2D eigenvalue weighted by molar-refractivity contribution is 5.53. The molecule has 2 rings (SSSR count). The third-order valence-electron chi connectivity index (χ3n) is 2.68. The van der Waals surface area contributed by atoms with Crippen molar-refractivity contribution in [1.82, 2.24) is 14.5 Å². The molecule has 0 spiro atoms. The summed E-state index contributed by atoms with van der Waals surface area (Å²) in [7, 11) is 1.74.